The van der Waals surface area contributed by atoms with Gasteiger partial charge in [-0.15, -0.1) is 0 Å². The molecule has 76 valence electrons. The van der Waals surface area contributed by atoms with E-state index in [2.05, 4.69) is 15.9 Å². The van der Waals surface area contributed by atoms with Crippen LogP contribution in [0.4, 0.5) is 5.69 Å². The number of hydrogen-bond donors (Lipinski definition) is 0. The molecule has 0 unspecified atom stereocenters. The van der Waals surface area contributed by atoms with Crippen LogP contribution in [-0.4, -0.2) is 11.8 Å². The molecule has 0 atom stereocenters. The van der Waals surface area contributed by atoms with Crippen LogP contribution in [-0.2, 0) is 9.59 Å². The average Bonchev–Trinajstić information content (AvgIpc) is 2.44. The van der Waals surface area contributed by atoms with Gasteiger partial charge in [-0.25, -0.2) is 4.90 Å². The third-order valence-corrected chi connectivity index (χ3v) is 2.71. The van der Waals surface area contributed by atoms with Crippen molar-refractivity contribution >= 4 is 33.4 Å². The Morgan fingerprint density at radius 3 is 2.20 bits per heavy atom. The summed E-state index contributed by atoms with van der Waals surface area (Å²) in [7, 11) is 0. The number of rotatable bonds is 1. The molecule has 1 heterocycles. The van der Waals surface area contributed by atoms with Gasteiger partial charge in [0.15, 0.2) is 0 Å². The van der Waals surface area contributed by atoms with Crippen LogP contribution in [0, 0.1) is 0 Å². The van der Waals surface area contributed by atoms with Crippen molar-refractivity contribution in [1.29, 1.82) is 0 Å². The summed E-state index contributed by atoms with van der Waals surface area (Å²) in [6.07, 6.45) is 1.35. The van der Waals surface area contributed by atoms with Crippen LogP contribution in [0.1, 0.15) is 6.92 Å². The number of carbonyl (C=O) groups is 2. The molecular formula is C11H8BrNO2. The summed E-state index contributed by atoms with van der Waals surface area (Å²) in [6, 6.07) is 7.05. The summed E-state index contributed by atoms with van der Waals surface area (Å²) in [4.78, 5) is 24.3. The lowest BCUT2D eigenvalue weighted by Crippen LogP contribution is -2.30. The third kappa shape index (κ3) is 1.72. The molecule has 2 amide bonds. The van der Waals surface area contributed by atoms with E-state index in [1.165, 1.54) is 11.0 Å². The van der Waals surface area contributed by atoms with E-state index in [0.29, 0.717) is 11.3 Å². The van der Waals surface area contributed by atoms with Crippen LogP contribution in [0.2, 0.25) is 0 Å². The number of anilines is 1. The number of amides is 2. The predicted molar refractivity (Wildman–Crippen MR) is 60.4 cm³/mol. The van der Waals surface area contributed by atoms with Gasteiger partial charge < -0.3 is 0 Å². The fourth-order valence-electron chi connectivity index (χ4n) is 1.42. The average molecular weight is 266 g/mol. The summed E-state index contributed by atoms with van der Waals surface area (Å²) in [5.41, 5.74) is 1.07. The Hall–Kier alpha value is -1.42. The van der Waals surface area contributed by atoms with Crippen LogP contribution in [0.5, 0.6) is 0 Å². The molecule has 0 aromatic heterocycles. The maximum atomic E-state index is 11.6. The fourth-order valence-corrected chi connectivity index (χ4v) is 1.69. The van der Waals surface area contributed by atoms with Gasteiger partial charge in [0, 0.05) is 16.1 Å². The van der Waals surface area contributed by atoms with E-state index in [9.17, 15) is 9.59 Å². The van der Waals surface area contributed by atoms with Crippen LogP contribution >= 0.6 is 15.9 Å². The molecule has 1 aromatic rings. The van der Waals surface area contributed by atoms with Gasteiger partial charge in [0.1, 0.15) is 0 Å². The molecule has 0 spiro atoms. The Morgan fingerprint density at radius 2 is 1.73 bits per heavy atom. The topological polar surface area (TPSA) is 37.4 Å². The first-order chi connectivity index (χ1) is 7.09. The molecule has 0 N–H and O–H groups in total. The highest BCUT2D eigenvalue weighted by Crippen LogP contribution is 2.23. The Bertz CT molecular complexity index is 462. The highest BCUT2D eigenvalue weighted by Gasteiger charge is 2.29. The minimum atomic E-state index is -0.278. The van der Waals surface area contributed by atoms with Crippen LogP contribution in [0.3, 0.4) is 0 Å². The van der Waals surface area contributed by atoms with Crippen LogP contribution in [0.15, 0.2) is 40.4 Å². The second-order valence-corrected chi connectivity index (χ2v) is 4.20. The molecule has 1 aliphatic rings. The van der Waals surface area contributed by atoms with Crippen molar-refractivity contribution < 1.29 is 9.59 Å². The highest BCUT2D eigenvalue weighted by atomic mass is 79.9. The molecule has 0 bridgehead atoms. The zero-order valence-corrected chi connectivity index (χ0v) is 9.61. The SMILES string of the molecule is CC1=CC(=O)N(c2ccc(Br)cc2)C1=O. The van der Waals surface area contributed by atoms with E-state index in [1.807, 2.05) is 0 Å². The number of halogens is 1. The van der Waals surface area contributed by atoms with Gasteiger partial charge in [-0.3, -0.25) is 9.59 Å². The van der Waals surface area contributed by atoms with Crippen LogP contribution in [0.25, 0.3) is 0 Å². The Kier molecular flexibility index (Phi) is 2.44. The van der Waals surface area contributed by atoms with E-state index in [1.54, 1.807) is 31.2 Å². The first kappa shape index (κ1) is 10.1. The molecular weight excluding hydrogens is 258 g/mol. The third-order valence-electron chi connectivity index (χ3n) is 2.19. The lowest BCUT2D eigenvalue weighted by molar-refractivity contribution is -0.120. The van der Waals surface area contributed by atoms with Crippen LogP contribution < -0.4 is 4.90 Å². The van der Waals surface area contributed by atoms with E-state index in [-0.39, 0.29) is 11.8 Å². The van der Waals surface area contributed by atoms with Crippen molar-refractivity contribution in [2.75, 3.05) is 4.90 Å². The van der Waals surface area contributed by atoms with E-state index in [0.717, 1.165) is 4.47 Å². The fraction of sp³-hybridized carbons (Fsp3) is 0.0909. The van der Waals surface area contributed by atoms with Crippen molar-refractivity contribution in [2.24, 2.45) is 0 Å². The van der Waals surface area contributed by atoms with Gasteiger partial charge in [0.25, 0.3) is 11.8 Å². The second kappa shape index (κ2) is 3.62. The number of hydrogen-bond acceptors (Lipinski definition) is 2. The molecule has 4 heteroatoms. The number of nitrogens with zero attached hydrogens (tertiary/aromatic N) is 1. The minimum absolute atomic E-state index is 0.248. The maximum absolute atomic E-state index is 11.6. The summed E-state index contributed by atoms with van der Waals surface area (Å²) < 4.78 is 0.912. The van der Waals surface area contributed by atoms with Crippen molar-refractivity contribution in [3.8, 4) is 0 Å². The van der Waals surface area contributed by atoms with E-state index >= 15 is 0 Å². The van der Waals surface area contributed by atoms with Gasteiger partial charge in [-0.1, -0.05) is 15.9 Å². The second-order valence-electron chi connectivity index (χ2n) is 3.28. The van der Waals surface area contributed by atoms with Gasteiger partial charge in [0.2, 0.25) is 0 Å². The van der Waals surface area contributed by atoms with E-state index in [4.69, 9.17) is 0 Å². The number of benzene rings is 1. The molecule has 0 saturated carbocycles. The zero-order chi connectivity index (χ0) is 11.0. The van der Waals surface area contributed by atoms with Crippen molar-refractivity contribution in [1.82, 2.24) is 0 Å². The molecule has 0 saturated heterocycles. The highest BCUT2D eigenvalue weighted by molar-refractivity contribution is 9.10. The summed E-state index contributed by atoms with van der Waals surface area (Å²) in [6.45, 7) is 1.64. The zero-order valence-electron chi connectivity index (χ0n) is 8.03. The molecule has 1 aromatic carbocycles. The lowest BCUT2D eigenvalue weighted by atomic mass is 10.3. The summed E-state index contributed by atoms with van der Waals surface area (Å²) >= 11 is 3.29. The maximum Gasteiger partial charge on any atom is 0.261 e. The molecule has 1 aliphatic heterocycles. The Balaban J connectivity index is 2.38. The Morgan fingerprint density at radius 1 is 1.13 bits per heavy atom. The minimum Gasteiger partial charge on any atom is -0.269 e. The van der Waals surface area contributed by atoms with Gasteiger partial charge in [-0.2, -0.15) is 0 Å². The molecule has 0 fully saturated rings. The van der Waals surface area contributed by atoms with Gasteiger partial charge in [-0.05, 0) is 31.2 Å². The molecule has 0 radical (unpaired) electrons. The molecule has 2 rings (SSSR count). The lowest BCUT2D eigenvalue weighted by Gasteiger charge is -2.14. The monoisotopic (exact) mass is 265 g/mol. The standard InChI is InChI=1S/C11H8BrNO2/c1-7-6-10(14)13(11(7)15)9-4-2-8(12)3-5-9/h2-6H,1H3. The number of imide groups is 1. The van der Waals surface area contributed by atoms with Gasteiger partial charge >= 0.3 is 0 Å². The first-order valence-corrected chi connectivity index (χ1v) is 5.21. The summed E-state index contributed by atoms with van der Waals surface area (Å²) in [5.74, 6) is -0.526. The smallest absolute Gasteiger partial charge is 0.261 e. The van der Waals surface area contributed by atoms with Crippen molar-refractivity contribution in [3.63, 3.8) is 0 Å². The van der Waals surface area contributed by atoms with E-state index < -0.39 is 0 Å². The molecule has 15 heavy (non-hydrogen) atoms. The first-order valence-electron chi connectivity index (χ1n) is 4.42. The summed E-state index contributed by atoms with van der Waals surface area (Å²) in [5, 5.41) is 0. The van der Waals surface area contributed by atoms with Gasteiger partial charge in [0.05, 0.1) is 5.69 Å². The van der Waals surface area contributed by atoms with Crippen molar-refractivity contribution in [2.45, 2.75) is 6.92 Å². The largest absolute Gasteiger partial charge is 0.269 e. The predicted octanol–water partition coefficient (Wildman–Crippen LogP) is 2.27. The Labute approximate surface area is 95.5 Å². The number of carbonyl (C=O) groups excluding carboxylic acids is 2. The van der Waals surface area contributed by atoms with Crippen molar-refractivity contribution in [3.05, 3.63) is 40.4 Å². The molecule has 0 aliphatic carbocycles. The normalized spacial score (nSPS) is 15.9. The quantitative estimate of drug-likeness (QED) is 0.731. The molecule has 3 nitrogen and oxygen atoms in total.